The predicted molar refractivity (Wildman–Crippen MR) is 158 cm³/mol. The van der Waals surface area contributed by atoms with Crippen LogP contribution < -0.4 is 20.9 Å². The molecule has 1 aliphatic carbocycles. The van der Waals surface area contributed by atoms with E-state index in [-0.39, 0.29) is 18.0 Å². The second kappa shape index (κ2) is 11.9. The summed E-state index contributed by atoms with van der Waals surface area (Å²) >= 11 is 0. The Morgan fingerprint density at radius 1 is 1.10 bits per heavy atom. The highest BCUT2D eigenvalue weighted by atomic mass is 16.1. The van der Waals surface area contributed by atoms with Gasteiger partial charge < -0.3 is 31.1 Å². The van der Waals surface area contributed by atoms with E-state index in [4.69, 9.17) is 5.41 Å². The molecule has 1 amide bonds. The largest absolute Gasteiger partial charge is 0.388 e. The zero-order valence-corrected chi connectivity index (χ0v) is 23.4. The fourth-order valence-electron chi connectivity index (χ4n) is 6.95. The minimum Gasteiger partial charge on any atom is -0.388 e. The Kier molecular flexibility index (Phi) is 8.36. The lowest BCUT2D eigenvalue weighted by Gasteiger charge is -2.34. The summed E-state index contributed by atoms with van der Waals surface area (Å²) in [5.74, 6) is -0.123. The smallest absolute Gasteiger partial charge is 0.219 e. The number of fused-ring (bicyclic) bond motifs is 1. The van der Waals surface area contributed by atoms with Crippen LogP contribution in [0, 0.1) is 16.7 Å². The standard InChI is InChI=1S/C32H43N5O2/c1-34-29-18-27(6-7-28(29)31(33)25(21-38)5-8-30(39)35-2)37-15-9-22(10-16-37)23-3-4-24-19-32(20-26(24)17-23)11-13-36-14-12-32/h3-4,6-7,17-18,21-22,25,33-34,36H,5,8-16,19-20H2,1-2H3,(H,35,39). The van der Waals surface area contributed by atoms with E-state index in [0.717, 1.165) is 62.2 Å². The Hall–Kier alpha value is -3.19. The second-order valence-corrected chi connectivity index (χ2v) is 11.7. The average molecular weight is 530 g/mol. The summed E-state index contributed by atoms with van der Waals surface area (Å²) in [6.07, 6.45) is 8.72. The lowest BCUT2D eigenvalue weighted by Crippen LogP contribution is -2.37. The maximum atomic E-state index is 11.7. The zero-order valence-electron chi connectivity index (χ0n) is 23.4. The fraction of sp³-hybridized carbons (Fsp3) is 0.531. The van der Waals surface area contributed by atoms with Crippen molar-refractivity contribution in [2.45, 2.75) is 57.3 Å². The van der Waals surface area contributed by atoms with E-state index in [1.165, 1.54) is 31.2 Å². The highest BCUT2D eigenvalue weighted by Gasteiger charge is 2.38. The molecule has 3 aliphatic rings. The summed E-state index contributed by atoms with van der Waals surface area (Å²) in [4.78, 5) is 25.8. The third-order valence-corrected chi connectivity index (χ3v) is 9.42. The van der Waals surface area contributed by atoms with Gasteiger partial charge in [-0.05, 0) is 104 Å². The van der Waals surface area contributed by atoms with Crippen molar-refractivity contribution in [3.05, 3.63) is 58.7 Å². The number of carbonyl (C=O) groups excluding carboxylic acids is 2. The number of carbonyl (C=O) groups is 2. The summed E-state index contributed by atoms with van der Waals surface area (Å²) in [7, 11) is 3.43. The molecule has 1 atom stereocenters. The number of hydrogen-bond acceptors (Lipinski definition) is 6. The number of amides is 1. The topological polar surface area (TPSA) is 97.3 Å². The molecule has 1 unspecified atom stereocenters. The quantitative estimate of drug-likeness (QED) is 0.287. The lowest BCUT2D eigenvalue weighted by molar-refractivity contribution is -0.120. The van der Waals surface area contributed by atoms with E-state index < -0.39 is 5.92 Å². The molecule has 208 valence electrons. The molecular weight excluding hydrogens is 486 g/mol. The molecule has 7 nitrogen and oxygen atoms in total. The van der Waals surface area contributed by atoms with Gasteiger partial charge in [-0.25, -0.2) is 0 Å². The molecule has 2 saturated heterocycles. The normalized spacial score (nSPS) is 19.4. The highest BCUT2D eigenvalue weighted by Crippen LogP contribution is 2.44. The molecule has 2 aromatic rings. The van der Waals surface area contributed by atoms with Gasteiger partial charge in [-0.1, -0.05) is 18.2 Å². The van der Waals surface area contributed by atoms with Crippen LogP contribution in [0.2, 0.25) is 0 Å². The van der Waals surface area contributed by atoms with Gasteiger partial charge in [0.15, 0.2) is 0 Å². The molecule has 0 radical (unpaired) electrons. The van der Waals surface area contributed by atoms with E-state index in [0.29, 0.717) is 17.8 Å². The van der Waals surface area contributed by atoms with Crippen molar-refractivity contribution in [3.63, 3.8) is 0 Å². The Morgan fingerprint density at radius 3 is 2.54 bits per heavy atom. The van der Waals surface area contributed by atoms with Crippen LogP contribution in [-0.4, -0.2) is 58.2 Å². The minimum atomic E-state index is -0.604. The minimum absolute atomic E-state index is 0.118. The summed E-state index contributed by atoms with van der Waals surface area (Å²) in [5.41, 5.74) is 8.14. The summed E-state index contributed by atoms with van der Waals surface area (Å²) < 4.78 is 0. The molecule has 1 spiro atoms. The van der Waals surface area contributed by atoms with Crippen molar-refractivity contribution < 1.29 is 9.59 Å². The average Bonchev–Trinajstić information content (AvgIpc) is 3.33. The van der Waals surface area contributed by atoms with Crippen molar-refractivity contribution in [3.8, 4) is 0 Å². The molecule has 0 bridgehead atoms. The van der Waals surface area contributed by atoms with Crippen LogP contribution in [0.15, 0.2) is 36.4 Å². The molecular formula is C32H43N5O2. The molecule has 5 rings (SSSR count). The summed E-state index contributed by atoms with van der Waals surface area (Å²) in [6, 6.07) is 13.5. The first-order chi connectivity index (χ1) is 18.9. The predicted octanol–water partition coefficient (Wildman–Crippen LogP) is 4.29. The van der Waals surface area contributed by atoms with Crippen molar-refractivity contribution in [2.75, 3.05) is 50.5 Å². The van der Waals surface area contributed by atoms with Crippen LogP contribution in [0.4, 0.5) is 11.4 Å². The Labute approximate surface area is 232 Å². The first-order valence-corrected chi connectivity index (χ1v) is 14.6. The van der Waals surface area contributed by atoms with Gasteiger partial charge in [0.25, 0.3) is 0 Å². The molecule has 39 heavy (non-hydrogen) atoms. The van der Waals surface area contributed by atoms with E-state index in [1.807, 2.05) is 13.1 Å². The molecule has 2 aromatic carbocycles. The maximum Gasteiger partial charge on any atom is 0.219 e. The molecule has 2 fully saturated rings. The molecule has 2 heterocycles. The highest BCUT2D eigenvalue weighted by molar-refractivity contribution is 6.10. The van der Waals surface area contributed by atoms with Crippen molar-refractivity contribution in [1.29, 1.82) is 5.41 Å². The van der Waals surface area contributed by atoms with E-state index in [2.05, 4.69) is 51.2 Å². The number of benzene rings is 2. The van der Waals surface area contributed by atoms with Gasteiger partial charge in [0.2, 0.25) is 5.91 Å². The van der Waals surface area contributed by atoms with Gasteiger partial charge in [-0.3, -0.25) is 4.79 Å². The molecule has 0 saturated carbocycles. The van der Waals surface area contributed by atoms with Gasteiger partial charge in [0, 0.05) is 50.5 Å². The van der Waals surface area contributed by atoms with Crippen molar-refractivity contribution in [2.24, 2.45) is 11.3 Å². The van der Waals surface area contributed by atoms with E-state index >= 15 is 0 Å². The molecule has 2 aliphatic heterocycles. The van der Waals surface area contributed by atoms with Crippen LogP contribution in [0.25, 0.3) is 0 Å². The first-order valence-electron chi connectivity index (χ1n) is 14.6. The SMILES string of the molecule is CNC(=O)CCC(C=O)C(=N)c1ccc(N2CCC(c3ccc4c(c3)CC3(CCNCC3)C4)CC2)cc1NC. The van der Waals surface area contributed by atoms with Gasteiger partial charge in [-0.2, -0.15) is 0 Å². The summed E-state index contributed by atoms with van der Waals surface area (Å²) in [5, 5.41) is 18.0. The van der Waals surface area contributed by atoms with Gasteiger partial charge in [0.1, 0.15) is 6.29 Å². The number of piperidine rings is 2. The van der Waals surface area contributed by atoms with E-state index in [9.17, 15) is 9.59 Å². The number of nitrogens with zero attached hydrogens (tertiary/aromatic N) is 1. The zero-order chi connectivity index (χ0) is 27.4. The Bertz CT molecular complexity index is 1210. The molecule has 7 heteroatoms. The number of aldehydes is 1. The van der Waals surface area contributed by atoms with Crippen LogP contribution in [-0.2, 0) is 22.4 Å². The number of anilines is 2. The van der Waals surface area contributed by atoms with Crippen LogP contribution in [0.3, 0.4) is 0 Å². The number of hydrogen-bond donors (Lipinski definition) is 4. The third-order valence-electron chi connectivity index (χ3n) is 9.42. The van der Waals surface area contributed by atoms with Crippen LogP contribution in [0.1, 0.15) is 66.7 Å². The Morgan fingerprint density at radius 2 is 1.85 bits per heavy atom. The molecule has 4 N–H and O–H groups in total. The Balaban J connectivity index is 1.22. The van der Waals surface area contributed by atoms with Crippen molar-refractivity contribution in [1.82, 2.24) is 10.6 Å². The number of nitrogens with one attached hydrogen (secondary N) is 4. The third kappa shape index (κ3) is 5.88. The summed E-state index contributed by atoms with van der Waals surface area (Å²) in [6.45, 7) is 4.32. The first kappa shape index (κ1) is 27.4. The number of rotatable bonds is 9. The van der Waals surface area contributed by atoms with E-state index in [1.54, 1.807) is 18.2 Å². The van der Waals surface area contributed by atoms with Crippen LogP contribution >= 0.6 is 0 Å². The second-order valence-electron chi connectivity index (χ2n) is 11.7. The monoisotopic (exact) mass is 529 g/mol. The van der Waals surface area contributed by atoms with Gasteiger partial charge in [0.05, 0.1) is 11.6 Å². The maximum absolute atomic E-state index is 11.7. The van der Waals surface area contributed by atoms with Gasteiger partial charge in [-0.15, -0.1) is 0 Å². The fourth-order valence-corrected chi connectivity index (χ4v) is 6.95. The van der Waals surface area contributed by atoms with Crippen molar-refractivity contribution >= 4 is 29.3 Å². The van der Waals surface area contributed by atoms with Crippen LogP contribution in [0.5, 0.6) is 0 Å². The van der Waals surface area contributed by atoms with Gasteiger partial charge >= 0.3 is 0 Å². The lowest BCUT2D eigenvalue weighted by atomic mass is 9.76. The molecule has 0 aromatic heterocycles.